The molecule has 2 N–H and O–H groups in total. The van der Waals surface area contributed by atoms with E-state index in [1.807, 2.05) is 6.20 Å². The molecule has 4 heteroatoms. The minimum Gasteiger partial charge on any atom is -0.375 e. The first-order chi connectivity index (χ1) is 9.72. The van der Waals surface area contributed by atoms with E-state index >= 15 is 0 Å². The second-order valence-corrected chi connectivity index (χ2v) is 6.70. The van der Waals surface area contributed by atoms with Crippen molar-refractivity contribution in [3.05, 3.63) is 46.5 Å². The maximum absolute atomic E-state index is 5.74. The molecule has 0 amide bonds. The highest BCUT2D eigenvalue weighted by Crippen LogP contribution is 2.33. The fourth-order valence-corrected chi connectivity index (χ4v) is 3.65. The molecule has 2 aromatic rings. The van der Waals surface area contributed by atoms with Crippen LogP contribution in [-0.4, -0.2) is 16.4 Å². The Morgan fingerprint density at radius 3 is 2.80 bits per heavy atom. The first kappa shape index (κ1) is 13.6. The van der Waals surface area contributed by atoms with E-state index in [9.17, 15) is 0 Å². The summed E-state index contributed by atoms with van der Waals surface area (Å²) in [4.78, 5) is 8.00. The van der Waals surface area contributed by atoms with Crippen LogP contribution in [0, 0.1) is 6.92 Å². The summed E-state index contributed by atoms with van der Waals surface area (Å²) in [6.07, 6.45) is 5.77. The van der Waals surface area contributed by atoms with Crippen LogP contribution in [0.3, 0.4) is 0 Å². The number of likely N-dealkylation sites (tertiary alicyclic amines) is 1. The van der Waals surface area contributed by atoms with Gasteiger partial charge < -0.3 is 5.73 Å². The number of hydrogen-bond acceptors (Lipinski definition) is 4. The summed E-state index contributed by atoms with van der Waals surface area (Å²) < 4.78 is 0. The summed E-state index contributed by atoms with van der Waals surface area (Å²) in [7, 11) is 0. The number of piperidine rings is 1. The number of nitrogens with zero attached hydrogens (tertiary/aromatic N) is 2. The van der Waals surface area contributed by atoms with E-state index in [1.165, 1.54) is 35.3 Å². The third kappa shape index (κ3) is 3.02. The molecule has 2 heterocycles. The molecule has 1 aliphatic heterocycles. The Morgan fingerprint density at radius 2 is 2.10 bits per heavy atom. The Balaban J connectivity index is 1.78. The summed E-state index contributed by atoms with van der Waals surface area (Å²) in [5.74, 6) is 0. The average Bonchev–Trinajstić information content (AvgIpc) is 2.86. The highest BCUT2D eigenvalue weighted by molar-refractivity contribution is 7.15. The SMILES string of the molecule is Cc1ccc(C2CCCCN2Cc2cnc(N)s2)cc1. The third-order valence-corrected chi connectivity index (χ3v) is 4.82. The van der Waals surface area contributed by atoms with Gasteiger partial charge in [0.2, 0.25) is 0 Å². The van der Waals surface area contributed by atoms with E-state index in [0.29, 0.717) is 11.2 Å². The molecule has 1 saturated heterocycles. The molecule has 0 saturated carbocycles. The summed E-state index contributed by atoms with van der Waals surface area (Å²) in [5.41, 5.74) is 8.50. The molecule has 1 unspecified atom stereocenters. The van der Waals surface area contributed by atoms with Crippen molar-refractivity contribution in [2.45, 2.75) is 38.8 Å². The van der Waals surface area contributed by atoms with Crippen LogP contribution in [0.25, 0.3) is 0 Å². The van der Waals surface area contributed by atoms with Gasteiger partial charge in [-0.05, 0) is 31.9 Å². The lowest BCUT2D eigenvalue weighted by Crippen LogP contribution is -2.32. The molecule has 0 radical (unpaired) electrons. The van der Waals surface area contributed by atoms with Gasteiger partial charge in [0.1, 0.15) is 0 Å². The number of anilines is 1. The molecule has 20 heavy (non-hydrogen) atoms. The highest BCUT2D eigenvalue weighted by atomic mass is 32.1. The molecule has 1 atom stereocenters. The van der Waals surface area contributed by atoms with Crippen molar-refractivity contribution >= 4 is 16.5 Å². The Hall–Kier alpha value is -1.39. The molecule has 1 aliphatic rings. The normalized spacial score (nSPS) is 20.1. The maximum Gasteiger partial charge on any atom is 0.180 e. The predicted octanol–water partition coefficient (Wildman–Crippen LogP) is 3.76. The minimum atomic E-state index is 0.535. The zero-order valence-electron chi connectivity index (χ0n) is 11.9. The Labute approximate surface area is 124 Å². The van der Waals surface area contributed by atoms with Crippen molar-refractivity contribution in [3.8, 4) is 0 Å². The molecule has 106 valence electrons. The van der Waals surface area contributed by atoms with Gasteiger partial charge in [-0.25, -0.2) is 4.98 Å². The minimum absolute atomic E-state index is 0.535. The van der Waals surface area contributed by atoms with E-state index in [2.05, 4.69) is 41.1 Å². The monoisotopic (exact) mass is 287 g/mol. The summed E-state index contributed by atoms with van der Waals surface area (Å²) in [5, 5.41) is 0.670. The number of aryl methyl sites for hydroxylation is 1. The maximum atomic E-state index is 5.74. The van der Waals surface area contributed by atoms with E-state index < -0.39 is 0 Å². The standard InChI is InChI=1S/C16H21N3S/c1-12-5-7-13(8-6-12)15-4-2-3-9-19(15)11-14-10-18-16(17)20-14/h5-8,10,15H,2-4,9,11H2,1H3,(H2,17,18). The molecule has 0 aliphatic carbocycles. The molecule has 0 bridgehead atoms. The topological polar surface area (TPSA) is 42.2 Å². The Morgan fingerprint density at radius 1 is 1.30 bits per heavy atom. The van der Waals surface area contributed by atoms with Gasteiger partial charge in [0.25, 0.3) is 0 Å². The zero-order chi connectivity index (χ0) is 13.9. The number of hydrogen-bond donors (Lipinski definition) is 1. The Bertz CT molecular complexity index is 561. The smallest absolute Gasteiger partial charge is 0.180 e. The second-order valence-electron chi connectivity index (χ2n) is 5.56. The van der Waals surface area contributed by atoms with Gasteiger partial charge in [-0.3, -0.25) is 4.90 Å². The van der Waals surface area contributed by atoms with Crippen molar-refractivity contribution in [1.29, 1.82) is 0 Å². The van der Waals surface area contributed by atoms with Gasteiger partial charge in [-0.2, -0.15) is 0 Å². The lowest BCUT2D eigenvalue weighted by molar-refractivity contribution is 0.142. The molecule has 0 spiro atoms. The molecule has 1 aromatic carbocycles. The number of rotatable bonds is 3. The van der Waals surface area contributed by atoms with E-state index in [0.717, 1.165) is 13.1 Å². The lowest BCUT2D eigenvalue weighted by atomic mass is 9.94. The van der Waals surface area contributed by atoms with Crippen LogP contribution >= 0.6 is 11.3 Å². The van der Waals surface area contributed by atoms with Crippen LogP contribution in [0.2, 0.25) is 0 Å². The van der Waals surface area contributed by atoms with E-state index in [4.69, 9.17) is 5.73 Å². The van der Waals surface area contributed by atoms with Crippen molar-refractivity contribution in [2.75, 3.05) is 12.3 Å². The third-order valence-electron chi connectivity index (χ3n) is 4.01. The first-order valence-corrected chi connectivity index (χ1v) is 8.05. The number of benzene rings is 1. The van der Waals surface area contributed by atoms with Crippen LogP contribution in [0.15, 0.2) is 30.5 Å². The van der Waals surface area contributed by atoms with Gasteiger partial charge in [0, 0.05) is 23.7 Å². The summed E-state index contributed by atoms with van der Waals surface area (Å²) >= 11 is 1.61. The summed E-state index contributed by atoms with van der Waals surface area (Å²) in [6.45, 7) is 4.27. The van der Waals surface area contributed by atoms with Gasteiger partial charge in [-0.15, -0.1) is 11.3 Å². The van der Waals surface area contributed by atoms with Crippen LogP contribution in [-0.2, 0) is 6.54 Å². The van der Waals surface area contributed by atoms with Gasteiger partial charge >= 0.3 is 0 Å². The fourth-order valence-electron chi connectivity index (χ4n) is 2.94. The quantitative estimate of drug-likeness (QED) is 0.934. The second kappa shape index (κ2) is 5.94. The largest absolute Gasteiger partial charge is 0.375 e. The Kier molecular flexibility index (Phi) is 4.03. The number of thiazole rings is 1. The zero-order valence-corrected chi connectivity index (χ0v) is 12.7. The van der Waals surface area contributed by atoms with Crippen molar-refractivity contribution in [3.63, 3.8) is 0 Å². The number of nitrogen functional groups attached to an aromatic ring is 1. The molecule has 1 fully saturated rings. The van der Waals surface area contributed by atoms with Crippen molar-refractivity contribution in [1.82, 2.24) is 9.88 Å². The van der Waals surface area contributed by atoms with Gasteiger partial charge in [0.05, 0.1) is 0 Å². The van der Waals surface area contributed by atoms with E-state index in [1.54, 1.807) is 11.3 Å². The fraction of sp³-hybridized carbons (Fsp3) is 0.438. The number of aromatic nitrogens is 1. The lowest BCUT2D eigenvalue weighted by Gasteiger charge is -2.35. The van der Waals surface area contributed by atoms with Gasteiger partial charge in [0.15, 0.2) is 5.13 Å². The molecule has 3 rings (SSSR count). The van der Waals surface area contributed by atoms with Crippen LogP contribution in [0.4, 0.5) is 5.13 Å². The van der Waals surface area contributed by atoms with Crippen LogP contribution in [0.5, 0.6) is 0 Å². The molecule has 1 aromatic heterocycles. The summed E-state index contributed by atoms with van der Waals surface area (Å²) in [6, 6.07) is 9.52. The number of nitrogens with two attached hydrogens (primary N) is 1. The average molecular weight is 287 g/mol. The van der Waals surface area contributed by atoms with Crippen molar-refractivity contribution < 1.29 is 0 Å². The van der Waals surface area contributed by atoms with Gasteiger partial charge in [-0.1, -0.05) is 36.2 Å². The highest BCUT2D eigenvalue weighted by Gasteiger charge is 2.24. The van der Waals surface area contributed by atoms with Crippen LogP contribution < -0.4 is 5.73 Å². The molecular formula is C16H21N3S. The van der Waals surface area contributed by atoms with Crippen LogP contribution in [0.1, 0.15) is 41.3 Å². The van der Waals surface area contributed by atoms with Crippen molar-refractivity contribution in [2.24, 2.45) is 0 Å². The van der Waals surface area contributed by atoms with E-state index in [-0.39, 0.29) is 0 Å². The molecular weight excluding hydrogens is 266 g/mol. The molecule has 3 nitrogen and oxygen atoms in total. The predicted molar refractivity (Wildman–Crippen MR) is 84.7 cm³/mol. The first-order valence-electron chi connectivity index (χ1n) is 7.23.